The summed E-state index contributed by atoms with van der Waals surface area (Å²) in [6.45, 7) is 3.24. The molecule has 0 bridgehead atoms. The maximum atomic E-state index is 13.8. The van der Waals surface area contributed by atoms with Crippen LogP contribution in [-0.2, 0) is 29.2 Å². The van der Waals surface area contributed by atoms with Gasteiger partial charge in [0.25, 0.3) is 5.91 Å². The highest BCUT2D eigenvalue weighted by Gasteiger charge is 2.39. The zero-order valence-corrected chi connectivity index (χ0v) is 22.7. The second-order valence-electron chi connectivity index (χ2n) is 11.0. The molecule has 41 heavy (non-hydrogen) atoms. The number of amides is 3. The Morgan fingerprint density at radius 1 is 0.951 bits per heavy atom. The van der Waals surface area contributed by atoms with Gasteiger partial charge in [0, 0.05) is 50.7 Å². The molecule has 0 radical (unpaired) electrons. The van der Waals surface area contributed by atoms with Crippen LogP contribution in [0.3, 0.4) is 0 Å². The van der Waals surface area contributed by atoms with E-state index in [0.29, 0.717) is 37.4 Å². The number of nitrogens with zero attached hydrogens (tertiary/aromatic N) is 2. The van der Waals surface area contributed by atoms with Crippen LogP contribution in [-0.4, -0.2) is 58.8 Å². The third-order valence-corrected chi connectivity index (χ3v) is 8.13. The van der Waals surface area contributed by atoms with E-state index in [0.717, 1.165) is 30.6 Å². The van der Waals surface area contributed by atoms with E-state index in [2.05, 4.69) is 27.7 Å². The SMILES string of the molecule is O=C1CCC(N2Cc3cc(O[C@H]4CN(Cc5ccccc5)CC[C@@H]4NCc4cccc(F)c4)ccc3C2=O)C(=O)N1. The molecule has 3 aromatic rings. The molecule has 3 aromatic carbocycles. The van der Waals surface area contributed by atoms with E-state index in [1.165, 1.54) is 11.6 Å². The third-order valence-electron chi connectivity index (χ3n) is 8.13. The molecule has 212 valence electrons. The molecule has 2 saturated heterocycles. The van der Waals surface area contributed by atoms with E-state index in [-0.39, 0.29) is 36.2 Å². The Morgan fingerprint density at radius 2 is 1.78 bits per heavy atom. The molecule has 3 amide bonds. The molecular weight excluding hydrogens is 523 g/mol. The highest BCUT2D eigenvalue weighted by molar-refractivity contribution is 6.05. The van der Waals surface area contributed by atoms with Crippen molar-refractivity contribution in [3.05, 3.63) is 101 Å². The normalized spacial score (nSPS) is 22.9. The number of halogens is 1. The second-order valence-corrected chi connectivity index (χ2v) is 11.0. The molecule has 3 atom stereocenters. The van der Waals surface area contributed by atoms with Crippen molar-refractivity contribution in [3.63, 3.8) is 0 Å². The lowest BCUT2D eigenvalue weighted by molar-refractivity contribution is -0.136. The highest BCUT2D eigenvalue weighted by atomic mass is 19.1. The van der Waals surface area contributed by atoms with E-state index in [1.807, 2.05) is 36.4 Å². The zero-order chi connectivity index (χ0) is 28.3. The van der Waals surface area contributed by atoms with Gasteiger partial charge < -0.3 is 15.0 Å². The quantitative estimate of drug-likeness (QED) is 0.414. The number of fused-ring (bicyclic) bond motifs is 1. The molecule has 9 heteroatoms. The van der Waals surface area contributed by atoms with E-state index < -0.39 is 11.9 Å². The van der Waals surface area contributed by atoms with Gasteiger partial charge in [-0.3, -0.25) is 24.6 Å². The number of ether oxygens (including phenoxy) is 1. The van der Waals surface area contributed by atoms with Crippen molar-refractivity contribution < 1.29 is 23.5 Å². The second kappa shape index (κ2) is 11.8. The van der Waals surface area contributed by atoms with Crippen LogP contribution in [0, 0.1) is 5.82 Å². The number of nitrogens with one attached hydrogen (secondary N) is 2. The molecule has 8 nitrogen and oxygen atoms in total. The highest BCUT2D eigenvalue weighted by Crippen LogP contribution is 2.31. The number of likely N-dealkylation sites (tertiary alicyclic amines) is 1. The summed E-state index contributed by atoms with van der Waals surface area (Å²) in [6.07, 6.45) is 1.23. The number of hydrogen-bond acceptors (Lipinski definition) is 6. The Bertz CT molecular complexity index is 1450. The van der Waals surface area contributed by atoms with Crippen LogP contribution >= 0.6 is 0 Å². The standard InChI is InChI=1S/C32H33FN4O4/c33-24-8-4-7-22(15-24)17-34-27-13-14-36(18-21-5-2-1-3-6-21)20-29(27)41-25-9-10-26-23(16-25)19-37(32(26)40)28-11-12-30(38)35-31(28)39/h1-10,15-16,27-29,34H,11-14,17-20H2,(H,35,38,39)/t27-,28?,29-/m0/s1. The molecule has 3 aliphatic rings. The lowest BCUT2D eigenvalue weighted by Crippen LogP contribution is -2.54. The predicted octanol–water partition coefficient (Wildman–Crippen LogP) is 3.40. The van der Waals surface area contributed by atoms with Crippen molar-refractivity contribution >= 4 is 17.7 Å². The molecule has 0 spiro atoms. The van der Waals surface area contributed by atoms with E-state index in [4.69, 9.17) is 4.74 Å². The van der Waals surface area contributed by atoms with Crippen LogP contribution in [0.25, 0.3) is 0 Å². The fourth-order valence-corrected chi connectivity index (χ4v) is 6.01. The van der Waals surface area contributed by atoms with Gasteiger partial charge in [0.15, 0.2) is 0 Å². The van der Waals surface area contributed by atoms with Crippen LogP contribution in [0.4, 0.5) is 4.39 Å². The average molecular weight is 557 g/mol. The summed E-state index contributed by atoms with van der Waals surface area (Å²) in [5.41, 5.74) is 3.47. The van der Waals surface area contributed by atoms with Crippen molar-refractivity contribution in [1.29, 1.82) is 0 Å². The van der Waals surface area contributed by atoms with Crippen molar-refractivity contribution in [2.45, 2.75) is 57.1 Å². The first-order valence-electron chi connectivity index (χ1n) is 14.1. The number of carbonyl (C=O) groups excluding carboxylic acids is 3. The van der Waals surface area contributed by atoms with Gasteiger partial charge in [0.05, 0.1) is 0 Å². The van der Waals surface area contributed by atoms with Gasteiger partial charge in [-0.05, 0) is 59.9 Å². The Morgan fingerprint density at radius 3 is 2.59 bits per heavy atom. The summed E-state index contributed by atoms with van der Waals surface area (Å²) in [5, 5.41) is 5.93. The van der Waals surface area contributed by atoms with Crippen LogP contribution in [0.15, 0.2) is 72.8 Å². The third kappa shape index (κ3) is 6.16. The van der Waals surface area contributed by atoms with Gasteiger partial charge >= 0.3 is 0 Å². The number of imide groups is 1. The van der Waals surface area contributed by atoms with Crippen molar-refractivity contribution in [2.75, 3.05) is 13.1 Å². The first-order valence-corrected chi connectivity index (χ1v) is 14.1. The largest absolute Gasteiger partial charge is 0.487 e. The van der Waals surface area contributed by atoms with Gasteiger partial charge in [0.1, 0.15) is 23.7 Å². The summed E-state index contributed by atoms with van der Waals surface area (Å²) < 4.78 is 20.3. The Balaban J connectivity index is 1.17. The summed E-state index contributed by atoms with van der Waals surface area (Å²) in [5.74, 6) is -0.533. The molecular formula is C32H33FN4O4. The maximum Gasteiger partial charge on any atom is 0.255 e. The first-order chi connectivity index (χ1) is 19.9. The Hall–Kier alpha value is -4.08. The molecule has 1 unspecified atom stereocenters. The topological polar surface area (TPSA) is 91.0 Å². The van der Waals surface area contributed by atoms with Crippen LogP contribution in [0.1, 0.15) is 46.3 Å². The lowest BCUT2D eigenvalue weighted by atomic mass is 10.00. The van der Waals surface area contributed by atoms with Crippen LogP contribution < -0.4 is 15.4 Å². The molecule has 0 aromatic heterocycles. The van der Waals surface area contributed by atoms with Crippen molar-refractivity contribution in [3.8, 4) is 5.75 Å². The van der Waals surface area contributed by atoms with Crippen molar-refractivity contribution in [1.82, 2.24) is 20.4 Å². The summed E-state index contributed by atoms with van der Waals surface area (Å²) in [4.78, 5) is 41.0. The number of rotatable bonds is 8. The Kier molecular flexibility index (Phi) is 7.80. The fourth-order valence-electron chi connectivity index (χ4n) is 6.01. The molecule has 2 fully saturated rings. The summed E-state index contributed by atoms with van der Waals surface area (Å²) in [7, 11) is 0. The molecule has 0 aliphatic carbocycles. The van der Waals surface area contributed by atoms with E-state index in [1.54, 1.807) is 23.1 Å². The van der Waals surface area contributed by atoms with Crippen LogP contribution in [0.2, 0.25) is 0 Å². The lowest BCUT2D eigenvalue weighted by Gasteiger charge is -2.39. The van der Waals surface area contributed by atoms with Crippen LogP contribution in [0.5, 0.6) is 5.75 Å². The van der Waals surface area contributed by atoms with Gasteiger partial charge in [0.2, 0.25) is 11.8 Å². The monoisotopic (exact) mass is 556 g/mol. The minimum Gasteiger partial charge on any atom is -0.487 e. The predicted molar refractivity (Wildman–Crippen MR) is 150 cm³/mol. The molecule has 3 aliphatic heterocycles. The van der Waals surface area contributed by atoms with E-state index in [9.17, 15) is 18.8 Å². The van der Waals surface area contributed by atoms with Gasteiger partial charge in [-0.1, -0.05) is 42.5 Å². The summed E-state index contributed by atoms with van der Waals surface area (Å²) in [6, 6.07) is 21.8. The first kappa shape index (κ1) is 27.1. The molecule has 0 saturated carbocycles. The Labute approximate surface area is 238 Å². The molecule has 6 rings (SSSR count). The minimum absolute atomic E-state index is 0.0418. The van der Waals surface area contributed by atoms with Gasteiger partial charge in [-0.25, -0.2) is 4.39 Å². The van der Waals surface area contributed by atoms with E-state index >= 15 is 0 Å². The zero-order valence-electron chi connectivity index (χ0n) is 22.7. The smallest absolute Gasteiger partial charge is 0.255 e. The summed E-state index contributed by atoms with van der Waals surface area (Å²) >= 11 is 0. The minimum atomic E-state index is -0.654. The maximum absolute atomic E-state index is 13.8. The van der Waals surface area contributed by atoms with Gasteiger partial charge in [-0.2, -0.15) is 0 Å². The number of carbonyl (C=O) groups is 3. The van der Waals surface area contributed by atoms with Crippen molar-refractivity contribution in [2.24, 2.45) is 0 Å². The fraction of sp³-hybridized carbons (Fsp3) is 0.344. The number of benzene rings is 3. The number of hydrogen-bond donors (Lipinski definition) is 2. The van der Waals surface area contributed by atoms with Gasteiger partial charge in [-0.15, -0.1) is 0 Å². The average Bonchev–Trinajstić information content (AvgIpc) is 3.28. The molecule has 2 N–H and O–H groups in total. The number of piperidine rings is 2. The molecule has 3 heterocycles.